The molecule has 1 saturated carbocycles. The van der Waals surface area contributed by atoms with Gasteiger partial charge in [0.25, 0.3) is 0 Å². The van der Waals surface area contributed by atoms with Gasteiger partial charge in [-0.05, 0) is 12.8 Å². The summed E-state index contributed by atoms with van der Waals surface area (Å²) in [6.45, 7) is 5.48. The lowest BCUT2D eigenvalue weighted by Crippen LogP contribution is -2.47. The maximum absolute atomic E-state index is 12.1. The van der Waals surface area contributed by atoms with E-state index < -0.39 is 11.9 Å². The van der Waals surface area contributed by atoms with Crippen molar-refractivity contribution in [2.24, 2.45) is 11.8 Å². The number of nitrogens with one attached hydrogen (secondary N) is 2. The van der Waals surface area contributed by atoms with Gasteiger partial charge >= 0.3 is 5.97 Å². The molecule has 114 valence electrons. The minimum atomic E-state index is -0.827. The Balaban J connectivity index is 1.73. The second kappa shape index (κ2) is 7.59. The average molecular weight is 283 g/mol. The van der Waals surface area contributed by atoms with Gasteiger partial charge in [0.1, 0.15) is 0 Å². The van der Waals surface area contributed by atoms with Crippen LogP contribution in [0.3, 0.4) is 0 Å². The Labute approximate surface area is 119 Å². The third-order valence-corrected chi connectivity index (χ3v) is 4.36. The summed E-state index contributed by atoms with van der Waals surface area (Å²) in [5.74, 6) is -1.74. The van der Waals surface area contributed by atoms with Crippen LogP contribution >= 0.6 is 0 Å². The van der Waals surface area contributed by atoms with Crippen molar-refractivity contribution >= 4 is 11.9 Å². The molecule has 2 aliphatic rings. The third kappa shape index (κ3) is 4.18. The van der Waals surface area contributed by atoms with E-state index in [0.29, 0.717) is 19.4 Å². The molecule has 0 radical (unpaired) electrons. The highest BCUT2D eigenvalue weighted by Gasteiger charge is 2.35. The molecule has 0 aromatic heterocycles. The predicted molar refractivity (Wildman–Crippen MR) is 75.4 cm³/mol. The first-order valence-electron chi connectivity index (χ1n) is 7.62. The van der Waals surface area contributed by atoms with Gasteiger partial charge in [-0.3, -0.25) is 14.5 Å². The molecule has 6 heteroatoms. The molecular weight excluding hydrogens is 258 g/mol. The van der Waals surface area contributed by atoms with Gasteiger partial charge in [-0.2, -0.15) is 0 Å². The predicted octanol–water partition coefficient (Wildman–Crippen LogP) is -0.101. The zero-order valence-electron chi connectivity index (χ0n) is 11.9. The number of carboxylic acids is 1. The molecule has 1 heterocycles. The van der Waals surface area contributed by atoms with Crippen LogP contribution < -0.4 is 10.6 Å². The van der Waals surface area contributed by atoms with Gasteiger partial charge in [0.05, 0.1) is 11.8 Å². The Morgan fingerprint density at radius 2 is 1.80 bits per heavy atom. The number of carboxylic acid groups (broad SMARTS) is 1. The summed E-state index contributed by atoms with van der Waals surface area (Å²) < 4.78 is 0. The molecule has 1 amide bonds. The van der Waals surface area contributed by atoms with Crippen LogP contribution in [0.2, 0.25) is 0 Å². The number of hydrogen-bond donors (Lipinski definition) is 3. The number of nitrogens with zero attached hydrogens (tertiary/aromatic N) is 1. The normalized spacial score (nSPS) is 28.0. The summed E-state index contributed by atoms with van der Waals surface area (Å²) in [5.41, 5.74) is 0. The first-order valence-corrected chi connectivity index (χ1v) is 7.62. The summed E-state index contributed by atoms with van der Waals surface area (Å²) in [4.78, 5) is 25.7. The van der Waals surface area contributed by atoms with Crippen molar-refractivity contribution in [1.29, 1.82) is 0 Å². The van der Waals surface area contributed by atoms with E-state index in [1.807, 2.05) is 0 Å². The highest BCUT2D eigenvalue weighted by molar-refractivity contribution is 5.84. The van der Waals surface area contributed by atoms with E-state index in [-0.39, 0.29) is 11.8 Å². The SMILES string of the molecule is O=C(O)[C@H]1CCCC[C@H]1C(=O)NCCN1CCNCC1. The molecule has 1 aliphatic carbocycles. The van der Waals surface area contributed by atoms with Crippen LogP contribution in [-0.2, 0) is 9.59 Å². The molecule has 0 unspecified atom stereocenters. The van der Waals surface area contributed by atoms with Crippen molar-refractivity contribution < 1.29 is 14.7 Å². The van der Waals surface area contributed by atoms with Gasteiger partial charge in [-0.25, -0.2) is 0 Å². The summed E-state index contributed by atoms with van der Waals surface area (Å²) in [6.07, 6.45) is 3.21. The van der Waals surface area contributed by atoms with E-state index in [1.165, 1.54) is 0 Å². The van der Waals surface area contributed by atoms with Crippen LogP contribution in [-0.4, -0.2) is 61.2 Å². The molecule has 0 aromatic carbocycles. The number of rotatable bonds is 5. The van der Waals surface area contributed by atoms with Crippen LogP contribution in [0.5, 0.6) is 0 Å². The quantitative estimate of drug-likeness (QED) is 0.656. The van der Waals surface area contributed by atoms with Crippen LogP contribution in [0.15, 0.2) is 0 Å². The highest BCUT2D eigenvalue weighted by Crippen LogP contribution is 2.30. The van der Waals surface area contributed by atoms with E-state index in [9.17, 15) is 14.7 Å². The fourth-order valence-corrected chi connectivity index (χ4v) is 3.14. The molecule has 0 spiro atoms. The van der Waals surface area contributed by atoms with Crippen LogP contribution in [0.4, 0.5) is 0 Å². The maximum Gasteiger partial charge on any atom is 0.307 e. The van der Waals surface area contributed by atoms with Crippen molar-refractivity contribution in [3.63, 3.8) is 0 Å². The average Bonchev–Trinajstić information content (AvgIpc) is 2.48. The molecule has 2 atom stereocenters. The molecule has 2 fully saturated rings. The van der Waals surface area contributed by atoms with E-state index in [4.69, 9.17) is 0 Å². The number of amides is 1. The number of aliphatic carboxylic acids is 1. The topological polar surface area (TPSA) is 81.7 Å². The maximum atomic E-state index is 12.1. The molecule has 2 rings (SSSR count). The molecule has 1 aliphatic heterocycles. The van der Waals surface area contributed by atoms with Gasteiger partial charge in [0.2, 0.25) is 5.91 Å². The molecule has 6 nitrogen and oxygen atoms in total. The second-order valence-corrected chi connectivity index (χ2v) is 5.72. The van der Waals surface area contributed by atoms with Crippen molar-refractivity contribution in [3.05, 3.63) is 0 Å². The minimum Gasteiger partial charge on any atom is -0.481 e. The Bertz CT molecular complexity index is 343. The van der Waals surface area contributed by atoms with E-state index >= 15 is 0 Å². The van der Waals surface area contributed by atoms with Gasteiger partial charge in [0, 0.05) is 39.3 Å². The van der Waals surface area contributed by atoms with Gasteiger partial charge in [-0.1, -0.05) is 12.8 Å². The molecule has 0 aromatic rings. The van der Waals surface area contributed by atoms with Crippen molar-refractivity contribution in [2.75, 3.05) is 39.3 Å². The van der Waals surface area contributed by atoms with Gasteiger partial charge in [0.15, 0.2) is 0 Å². The first-order chi connectivity index (χ1) is 9.68. The summed E-state index contributed by atoms with van der Waals surface area (Å²) >= 11 is 0. The van der Waals surface area contributed by atoms with Crippen LogP contribution in [0.25, 0.3) is 0 Å². The monoisotopic (exact) mass is 283 g/mol. The Morgan fingerprint density at radius 3 is 2.45 bits per heavy atom. The minimum absolute atomic E-state index is 0.0766. The fourth-order valence-electron chi connectivity index (χ4n) is 3.14. The van der Waals surface area contributed by atoms with Crippen molar-refractivity contribution in [3.8, 4) is 0 Å². The number of hydrogen-bond acceptors (Lipinski definition) is 4. The van der Waals surface area contributed by atoms with E-state index in [2.05, 4.69) is 15.5 Å². The Morgan fingerprint density at radius 1 is 1.15 bits per heavy atom. The highest BCUT2D eigenvalue weighted by atomic mass is 16.4. The van der Waals surface area contributed by atoms with Crippen molar-refractivity contribution in [2.45, 2.75) is 25.7 Å². The standard InChI is InChI=1S/C14H25N3O3/c18-13(11-3-1-2-4-12(11)14(19)20)16-7-10-17-8-5-15-6-9-17/h11-12,15H,1-10H2,(H,16,18)(H,19,20)/t11-,12+/m1/s1. The Hall–Kier alpha value is -1.14. The largest absolute Gasteiger partial charge is 0.481 e. The summed E-state index contributed by atoms with van der Waals surface area (Å²) in [7, 11) is 0. The molecule has 0 bridgehead atoms. The number of piperazine rings is 1. The number of carbonyl (C=O) groups is 2. The molecule has 1 saturated heterocycles. The molecular formula is C14H25N3O3. The van der Waals surface area contributed by atoms with Crippen molar-refractivity contribution in [1.82, 2.24) is 15.5 Å². The molecule has 20 heavy (non-hydrogen) atoms. The second-order valence-electron chi connectivity index (χ2n) is 5.72. The van der Waals surface area contributed by atoms with E-state index in [0.717, 1.165) is 45.6 Å². The summed E-state index contributed by atoms with van der Waals surface area (Å²) in [5, 5.41) is 15.4. The zero-order chi connectivity index (χ0) is 14.4. The van der Waals surface area contributed by atoms with Crippen LogP contribution in [0, 0.1) is 11.8 Å². The van der Waals surface area contributed by atoms with E-state index in [1.54, 1.807) is 0 Å². The van der Waals surface area contributed by atoms with Gasteiger partial charge < -0.3 is 15.7 Å². The summed E-state index contributed by atoms with van der Waals surface area (Å²) in [6, 6.07) is 0. The Kier molecular flexibility index (Phi) is 5.79. The molecule has 3 N–H and O–H groups in total. The third-order valence-electron chi connectivity index (χ3n) is 4.36. The lowest BCUT2D eigenvalue weighted by atomic mass is 9.79. The van der Waals surface area contributed by atoms with Crippen LogP contribution in [0.1, 0.15) is 25.7 Å². The first kappa shape index (κ1) is 15.3. The number of carbonyl (C=O) groups excluding carboxylic acids is 1. The smallest absolute Gasteiger partial charge is 0.307 e. The lowest BCUT2D eigenvalue weighted by Gasteiger charge is -2.29. The zero-order valence-corrected chi connectivity index (χ0v) is 11.9. The fraction of sp³-hybridized carbons (Fsp3) is 0.857. The lowest BCUT2D eigenvalue weighted by molar-refractivity contribution is -0.148. The van der Waals surface area contributed by atoms with Gasteiger partial charge in [-0.15, -0.1) is 0 Å².